The second-order valence-corrected chi connectivity index (χ2v) is 4.10. The van der Waals surface area contributed by atoms with Crippen molar-refractivity contribution in [3.63, 3.8) is 0 Å². The van der Waals surface area contributed by atoms with E-state index in [2.05, 4.69) is 26.3 Å². The van der Waals surface area contributed by atoms with Gasteiger partial charge in [-0.15, -0.1) is 0 Å². The fourth-order valence-electron chi connectivity index (χ4n) is 1.48. The van der Waals surface area contributed by atoms with Crippen molar-refractivity contribution < 1.29 is 4.79 Å². The van der Waals surface area contributed by atoms with Crippen molar-refractivity contribution in [1.82, 2.24) is 15.1 Å². The maximum absolute atomic E-state index is 10.9. The molecule has 1 amide bonds. The Balaban J connectivity index is 1.95. The van der Waals surface area contributed by atoms with E-state index in [4.69, 9.17) is 0 Å². The Bertz CT molecular complexity index is 323. The molecule has 1 saturated heterocycles. The van der Waals surface area contributed by atoms with E-state index in [0.717, 1.165) is 17.4 Å². The molecular formula is C8H10BrN3O. The second-order valence-electron chi connectivity index (χ2n) is 3.18. The first kappa shape index (κ1) is 8.74. The molecule has 13 heavy (non-hydrogen) atoms. The van der Waals surface area contributed by atoms with E-state index < -0.39 is 0 Å². The summed E-state index contributed by atoms with van der Waals surface area (Å²) < 4.78 is 2.80. The van der Waals surface area contributed by atoms with Crippen LogP contribution in [0.2, 0.25) is 0 Å². The van der Waals surface area contributed by atoms with Gasteiger partial charge in [-0.2, -0.15) is 5.10 Å². The van der Waals surface area contributed by atoms with Crippen LogP contribution in [0.4, 0.5) is 0 Å². The van der Waals surface area contributed by atoms with E-state index in [1.807, 2.05) is 10.9 Å². The maximum Gasteiger partial charge on any atom is 0.220 e. The number of carbonyl (C=O) groups is 1. The summed E-state index contributed by atoms with van der Waals surface area (Å²) in [5, 5.41) is 7.02. The van der Waals surface area contributed by atoms with Gasteiger partial charge in [0.2, 0.25) is 5.91 Å². The van der Waals surface area contributed by atoms with Crippen LogP contribution in [0.25, 0.3) is 0 Å². The summed E-state index contributed by atoms with van der Waals surface area (Å²) >= 11 is 3.32. The van der Waals surface area contributed by atoms with Crippen molar-refractivity contribution in [2.45, 2.75) is 25.4 Å². The zero-order chi connectivity index (χ0) is 9.26. The van der Waals surface area contributed by atoms with Crippen molar-refractivity contribution in [1.29, 1.82) is 0 Å². The van der Waals surface area contributed by atoms with Gasteiger partial charge in [0.25, 0.3) is 0 Å². The summed E-state index contributed by atoms with van der Waals surface area (Å²) in [4.78, 5) is 10.9. The number of rotatable bonds is 2. The van der Waals surface area contributed by atoms with Crippen molar-refractivity contribution in [2.75, 3.05) is 0 Å². The van der Waals surface area contributed by atoms with E-state index in [1.54, 1.807) is 6.20 Å². The number of nitrogens with one attached hydrogen (secondary N) is 1. The molecular weight excluding hydrogens is 234 g/mol. The Morgan fingerprint density at radius 1 is 1.77 bits per heavy atom. The first-order valence-corrected chi connectivity index (χ1v) is 5.00. The number of hydrogen-bond donors (Lipinski definition) is 1. The normalized spacial score (nSPS) is 21.9. The first-order chi connectivity index (χ1) is 6.24. The highest BCUT2D eigenvalue weighted by atomic mass is 79.9. The highest BCUT2D eigenvalue weighted by Gasteiger charge is 2.20. The molecule has 1 fully saturated rings. The predicted octanol–water partition coefficient (Wildman–Crippen LogP) is 0.924. The lowest BCUT2D eigenvalue weighted by Gasteiger charge is -2.08. The standard InChI is InChI=1S/C8H10BrN3O/c9-6-3-10-12(4-6)5-7-1-2-8(13)11-7/h3-4,7H,1-2,5H2,(H,11,13)/t7-/m0/s1. The molecule has 2 heterocycles. The third-order valence-electron chi connectivity index (χ3n) is 2.09. The van der Waals surface area contributed by atoms with Crippen LogP contribution in [0.1, 0.15) is 12.8 Å². The first-order valence-electron chi connectivity index (χ1n) is 4.21. The van der Waals surface area contributed by atoms with Gasteiger partial charge in [-0.25, -0.2) is 0 Å². The van der Waals surface area contributed by atoms with Crippen LogP contribution in [0.3, 0.4) is 0 Å². The van der Waals surface area contributed by atoms with Gasteiger partial charge in [-0.3, -0.25) is 9.48 Å². The van der Waals surface area contributed by atoms with Crippen molar-refractivity contribution in [3.05, 3.63) is 16.9 Å². The third kappa shape index (κ3) is 2.09. The molecule has 0 saturated carbocycles. The SMILES string of the molecule is O=C1CC[C@@H](Cn2cc(Br)cn2)N1. The summed E-state index contributed by atoms with van der Waals surface area (Å²) in [5.41, 5.74) is 0. The van der Waals surface area contributed by atoms with Crippen LogP contribution in [0.15, 0.2) is 16.9 Å². The Hall–Kier alpha value is -0.840. The van der Waals surface area contributed by atoms with Crippen molar-refractivity contribution >= 4 is 21.8 Å². The third-order valence-corrected chi connectivity index (χ3v) is 2.50. The van der Waals surface area contributed by atoms with Crippen LogP contribution in [0.5, 0.6) is 0 Å². The molecule has 2 rings (SSSR count). The quantitative estimate of drug-likeness (QED) is 0.840. The molecule has 1 aromatic rings. The van der Waals surface area contributed by atoms with E-state index in [0.29, 0.717) is 6.42 Å². The number of hydrogen-bond acceptors (Lipinski definition) is 2. The lowest BCUT2D eigenvalue weighted by atomic mass is 10.2. The highest BCUT2D eigenvalue weighted by molar-refractivity contribution is 9.10. The van der Waals surface area contributed by atoms with Crippen molar-refractivity contribution in [3.8, 4) is 0 Å². The molecule has 0 unspecified atom stereocenters. The lowest BCUT2D eigenvalue weighted by molar-refractivity contribution is -0.119. The van der Waals surface area contributed by atoms with Gasteiger partial charge in [0.05, 0.1) is 17.2 Å². The molecule has 4 nitrogen and oxygen atoms in total. The van der Waals surface area contributed by atoms with Gasteiger partial charge in [-0.1, -0.05) is 0 Å². The average molecular weight is 244 g/mol. The topological polar surface area (TPSA) is 46.9 Å². The molecule has 0 aliphatic carbocycles. The van der Waals surface area contributed by atoms with Crippen LogP contribution >= 0.6 is 15.9 Å². The fraction of sp³-hybridized carbons (Fsp3) is 0.500. The molecule has 1 N–H and O–H groups in total. The molecule has 0 radical (unpaired) electrons. The molecule has 1 aromatic heterocycles. The number of halogens is 1. The maximum atomic E-state index is 10.9. The summed E-state index contributed by atoms with van der Waals surface area (Å²) in [6.45, 7) is 0.761. The molecule has 70 valence electrons. The molecule has 1 aliphatic rings. The Kier molecular flexibility index (Phi) is 2.35. The van der Waals surface area contributed by atoms with Gasteiger partial charge >= 0.3 is 0 Å². The number of carbonyl (C=O) groups excluding carboxylic acids is 1. The zero-order valence-corrected chi connectivity index (χ0v) is 8.62. The minimum Gasteiger partial charge on any atom is -0.351 e. The summed E-state index contributed by atoms with van der Waals surface area (Å²) in [6.07, 6.45) is 5.21. The van der Waals surface area contributed by atoms with Crippen LogP contribution in [-0.4, -0.2) is 21.7 Å². The molecule has 1 atom stereocenters. The largest absolute Gasteiger partial charge is 0.351 e. The molecule has 0 bridgehead atoms. The van der Waals surface area contributed by atoms with E-state index in [9.17, 15) is 4.79 Å². The summed E-state index contributed by atoms with van der Waals surface area (Å²) in [5.74, 6) is 0.149. The summed E-state index contributed by atoms with van der Waals surface area (Å²) in [6, 6.07) is 0.249. The molecule has 1 aliphatic heterocycles. The number of nitrogens with zero attached hydrogens (tertiary/aromatic N) is 2. The minimum absolute atomic E-state index is 0.149. The Labute approximate surface area is 84.4 Å². The fourth-order valence-corrected chi connectivity index (χ4v) is 1.81. The predicted molar refractivity (Wildman–Crippen MR) is 51.1 cm³/mol. The minimum atomic E-state index is 0.149. The number of aromatic nitrogens is 2. The average Bonchev–Trinajstić information content (AvgIpc) is 2.62. The monoisotopic (exact) mass is 243 g/mol. The zero-order valence-electron chi connectivity index (χ0n) is 7.03. The number of amides is 1. The van der Waals surface area contributed by atoms with E-state index in [1.165, 1.54) is 0 Å². The Morgan fingerprint density at radius 2 is 2.62 bits per heavy atom. The van der Waals surface area contributed by atoms with E-state index >= 15 is 0 Å². The lowest BCUT2D eigenvalue weighted by Crippen LogP contribution is -2.29. The smallest absolute Gasteiger partial charge is 0.220 e. The summed E-state index contributed by atoms with van der Waals surface area (Å²) in [7, 11) is 0. The highest BCUT2D eigenvalue weighted by Crippen LogP contribution is 2.11. The van der Waals surface area contributed by atoms with Gasteiger partial charge in [0.15, 0.2) is 0 Å². The Morgan fingerprint density at radius 3 is 3.15 bits per heavy atom. The van der Waals surface area contributed by atoms with Gasteiger partial charge in [0.1, 0.15) is 0 Å². The van der Waals surface area contributed by atoms with Crippen molar-refractivity contribution in [2.24, 2.45) is 0 Å². The molecule has 0 spiro atoms. The molecule has 0 aromatic carbocycles. The van der Waals surface area contributed by atoms with Crippen LogP contribution in [0, 0.1) is 0 Å². The van der Waals surface area contributed by atoms with E-state index in [-0.39, 0.29) is 11.9 Å². The van der Waals surface area contributed by atoms with Gasteiger partial charge < -0.3 is 5.32 Å². The van der Waals surface area contributed by atoms with Gasteiger partial charge in [0, 0.05) is 18.7 Å². The molecule has 5 heteroatoms. The van der Waals surface area contributed by atoms with Crippen LogP contribution in [-0.2, 0) is 11.3 Å². The second kappa shape index (κ2) is 3.49. The van der Waals surface area contributed by atoms with Gasteiger partial charge in [-0.05, 0) is 22.4 Å². The van der Waals surface area contributed by atoms with Crippen LogP contribution < -0.4 is 5.32 Å².